The van der Waals surface area contributed by atoms with Gasteiger partial charge in [-0.15, -0.1) is 10.2 Å². The molecule has 1 N–H and O–H groups in total. The lowest BCUT2D eigenvalue weighted by Crippen LogP contribution is -2.17. The average Bonchev–Trinajstić information content (AvgIpc) is 3.14. The van der Waals surface area contributed by atoms with E-state index in [-0.39, 0.29) is 6.04 Å². The molecule has 0 aliphatic rings. The second kappa shape index (κ2) is 6.26. The standard InChI is InChI=1S/C15H15N3S2/c1-16-14(12-5-3-2-4-6-12)15-18-17-13(20-15)9-11-7-8-19-10-11/h2-8,10,14,16H,9H2,1H3. The fourth-order valence-electron chi connectivity index (χ4n) is 2.10. The third-order valence-corrected chi connectivity index (χ3v) is 4.81. The molecule has 3 nitrogen and oxygen atoms in total. The predicted molar refractivity (Wildman–Crippen MR) is 84.4 cm³/mol. The highest BCUT2D eigenvalue weighted by Crippen LogP contribution is 2.25. The van der Waals surface area contributed by atoms with Crippen molar-refractivity contribution in [1.82, 2.24) is 15.5 Å². The van der Waals surface area contributed by atoms with Crippen LogP contribution < -0.4 is 5.32 Å². The molecule has 1 atom stereocenters. The van der Waals surface area contributed by atoms with E-state index in [2.05, 4.69) is 44.5 Å². The number of nitrogens with one attached hydrogen (secondary N) is 1. The molecule has 20 heavy (non-hydrogen) atoms. The molecule has 0 aliphatic heterocycles. The van der Waals surface area contributed by atoms with Crippen molar-refractivity contribution in [2.24, 2.45) is 0 Å². The van der Waals surface area contributed by atoms with E-state index in [1.54, 1.807) is 22.7 Å². The summed E-state index contributed by atoms with van der Waals surface area (Å²) in [7, 11) is 1.96. The van der Waals surface area contributed by atoms with Crippen molar-refractivity contribution in [1.29, 1.82) is 0 Å². The summed E-state index contributed by atoms with van der Waals surface area (Å²) in [6.07, 6.45) is 0.867. The van der Waals surface area contributed by atoms with E-state index in [9.17, 15) is 0 Å². The van der Waals surface area contributed by atoms with Crippen LogP contribution in [0, 0.1) is 0 Å². The summed E-state index contributed by atoms with van der Waals surface area (Å²) in [6, 6.07) is 12.6. The van der Waals surface area contributed by atoms with Gasteiger partial charge >= 0.3 is 0 Å². The average molecular weight is 301 g/mol. The van der Waals surface area contributed by atoms with Crippen LogP contribution in [0.4, 0.5) is 0 Å². The summed E-state index contributed by atoms with van der Waals surface area (Å²) < 4.78 is 0. The molecule has 3 rings (SSSR count). The Labute approximate surface area is 126 Å². The molecule has 2 heterocycles. The molecule has 3 aromatic rings. The first kappa shape index (κ1) is 13.4. The van der Waals surface area contributed by atoms with Crippen LogP contribution in [0.3, 0.4) is 0 Å². The fraction of sp³-hybridized carbons (Fsp3) is 0.200. The quantitative estimate of drug-likeness (QED) is 0.784. The van der Waals surface area contributed by atoms with E-state index < -0.39 is 0 Å². The molecule has 2 aromatic heterocycles. The van der Waals surface area contributed by atoms with Gasteiger partial charge in [-0.25, -0.2) is 0 Å². The lowest BCUT2D eigenvalue weighted by Gasteiger charge is -2.12. The van der Waals surface area contributed by atoms with Crippen molar-refractivity contribution in [3.63, 3.8) is 0 Å². The van der Waals surface area contributed by atoms with E-state index in [0.717, 1.165) is 16.4 Å². The smallest absolute Gasteiger partial charge is 0.139 e. The molecule has 1 aromatic carbocycles. The van der Waals surface area contributed by atoms with E-state index in [0.29, 0.717) is 0 Å². The van der Waals surface area contributed by atoms with Crippen LogP contribution in [0.5, 0.6) is 0 Å². The van der Waals surface area contributed by atoms with Gasteiger partial charge in [-0.2, -0.15) is 11.3 Å². The Bertz CT molecular complexity index is 647. The molecule has 0 aliphatic carbocycles. The van der Waals surface area contributed by atoms with Crippen LogP contribution in [0.2, 0.25) is 0 Å². The molecule has 0 saturated carbocycles. The zero-order chi connectivity index (χ0) is 13.8. The molecule has 0 saturated heterocycles. The van der Waals surface area contributed by atoms with Gasteiger partial charge in [0.25, 0.3) is 0 Å². The van der Waals surface area contributed by atoms with E-state index >= 15 is 0 Å². The van der Waals surface area contributed by atoms with Gasteiger partial charge in [-0.1, -0.05) is 41.7 Å². The minimum Gasteiger partial charge on any atom is -0.307 e. The Kier molecular flexibility index (Phi) is 4.20. The molecule has 0 amide bonds. The van der Waals surface area contributed by atoms with Crippen LogP contribution in [0.1, 0.15) is 27.2 Å². The molecule has 5 heteroatoms. The summed E-state index contributed by atoms with van der Waals surface area (Å²) in [5.41, 5.74) is 2.52. The third-order valence-electron chi connectivity index (χ3n) is 3.09. The number of hydrogen-bond donors (Lipinski definition) is 1. The summed E-state index contributed by atoms with van der Waals surface area (Å²) in [6.45, 7) is 0. The maximum absolute atomic E-state index is 4.35. The maximum atomic E-state index is 4.35. The third kappa shape index (κ3) is 2.95. The Hall–Kier alpha value is -1.56. The Morgan fingerprint density at radius 1 is 1.15 bits per heavy atom. The number of aromatic nitrogens is 2. The fourth-order valence-corrected chi connectivity index (χ4v) is 3.78. The largest absolute Gasteiger partial charge is 0.307 e. The molecule has 102 valence electrons. The first-order valence-corrected chi connectivity index (χ1v) is 8.18. The minimum absolute atomic E-state index is 0.116. The number of benzene rings is 1. The summed E-state index contributed by atoms with van der Waals surface area (Å²) in [4.78, 5) is 0. The molecule has 0 spiro atoms. The summed E-state index contributed by atoms with van der Waals surface area (Å²) in [5.74, 6) is 0. The Morgan fingerprint density at radius 3 is 2.70 bits per heavy atom. The van der Waals surface area contributed by atoms with Crippen molar-refractivity contribution in [2.45, 2.75) is 12.5 Å². The van der Waals surface area contributed by atoms with Gasteiger partial charge in [0.15, 0.2) is 0 Å². The summed E-state index contributed by atoms with van der Waals surface area (Å²) in [5, 5.41) is 18.3. The molecule has 0 fully saturated rings. The van der Waals surface area contributed by atoms with Gasteiger partial charge < -0.3 is 5.32 Å². The second-order valence-corrected chi connectivity index (χ2v) is 6.35. The number of thiophene rings is 1. The lowest BCUT2D eigenvalue weighted by atomic mass is 10.1. The van der Waals surface area contributed by atoms with Gasteiger partial charge in [0, 0.05) is 6.42 Å². The first-order valence-electron chi connectivity index (χ1n) is 6.42. The Balaban J connectivity index is 1.81. The maximum Gasteiger partial charge on any atom is 0.139 e. The monoisotopic (exact) mass is 301 g/mol. The highest BCUT2D eigenvalue weighted by atomic mass is 32.1. The minimum atomic E-state index is 0.116. The van der Waals surface area contributed by atoms with E-state index in [4.69, 9.17) is 0 Å². The second-order valence-electron chi connectivity index (χ2n) is 4.47. The molecular weight excluding hydrogens is 286 g/mol. The predicted octanol–water partition coefficient (Wildman–Crippen LogP) is 3.50. The zero-order valence-corrected chi connectivity index (χ0v) is 12.7. The first-order chi connectivity index (χ1) is 9.86. The molecule has 1 unspecified atom stereocenters. The Morgan fingerprint density at radius 2 is 2.00 bits per heavy atom. The van der Waals surface area contributed by atoms with Crippen molar-refractivity contribution < 1.29 is 0 Å². The van der Waals surface area contributed by atoms with Gasteiger partial charge in [0.2, 0.25) is 0 Å². The summed E-state index contributed by atoms with van der Waals surface area (Å²) >= 11 is 3.40. The molecule has 0 bridgehead atoms. The van der Waals surface area contributed by atoms with Crippen molar-refractivity contribution >= 4 is 22.7 Å². The van der Waals surface area contributed by atoms with Crippen molar-refractivity contribution in [3.05, 3.63) is 68.3 Å². The van der Waals surface area contributed by atoms with Crippen LogP contribution in [0.25, 0.3) is 0 Å². The van der Waals surface area contributed by atoms with Crippen LogP contribution in [0.15, 0.2) is 47.2 Å². The van der Waals surface area contributed by atoms with Crippen LogP contribution in [-0.4, -0.2) is 17.2 Å². The highest BCUT2D eigenvalue weighted by Gasteiger charge is 2.17. The zero-order valence-electron chi connectivity index (χ0n) is 11.1. The van der Waals surface area contributed by atoms with Gasteiger partial charge in [0.05, 0.1) is 6.04 Å². The molecule has 0 radical (unpaired) electrons. The van der Waals surface area contributed by atoms with Gasteiger partial charge in [0.1, 0.15) is 10.0 Å². The normalized spacial score (nSPS) is 12.4. The van der Waals surface area contributed by atoms with E-state index in [1.165, 1.54) is 11.1 Å². The van der Waals surface area contributed by atoms with E-state index in [1.807, 2.05) is 25.2 Å². The highest BCUT2D eigenvalue weighted by molar-refractivity contribution is 7.11. The number of rotatable bonds is 5. The topological polar surface area (TPSA) is 37.8 Å². The molecular formula is C15H15N3S2. The van der Waals surface area contributed by atoms with Gasteiger partial charge in [-0.3, -0.25) is 0 Å². The van der Waals surface area contributed by atoms with Crippen molar-refractivity contribution in [2.75, 3.05) is 7.05 Å². The number of nitrogens with zero attached hydrogens (tertiary/aromatic N) is 2. The van der Waals surface area contributed by atoms with Crippen LogP contribution in [-0.2, 0) is 6.42 Å². The van der Waals surface area contributed by atoms with Crippen molar-refractivity contribution in [3.8, 4) is 0 Å². The lowest BCUT2D eigenvalue weighted by molar-refractivity contribution is 0.677. The van der Waals surface area contributed by atoms with Gasteiger partial charge in [-0.05, 0) is 35.0 Å². The SMILES string of the molecule is CNC(c1ccccc1)c1nnc(Cc2ccsc2)s1. The van der Waals surface area contributed by atoms with Crippen LogP contribution >= 0.6 is 22.7 Å². The number of hydrogen-bond acceptors (Lipinski definition) is 5.